The van der Waals surface area contributed by atoms with Crippen molar-refractivity contribution in [3.05, 3.63) is 28.9 Å². The van der Waals surface area contributed by atoms with Gasteiger partial charge < -0.3 is 9.80 Å². The van der Waals surface area contributed by atoms with E-state index in [-0.39, 0.29) is 11.5 Å². The molecule has 0 radical (unpaired) electrons. The summed E-state index contributed by atoms with van der Waals surface area (Å²) < 4.78 is 1.72. The van der Waals surface area contributed by atoms with Crippen molar-refractivity contribution in [2.45, 2.75) is 44.7 Å². The highest BCUT2D eigenvalue weighted by atomic mass is 16.2. The quantitative estimate of drug-likeness (QED) is 0.830. The van der Waals surface area contributed by atoms with Crippen LogP contribution in [0.2, 0.25) is 0 Å². The molecule has 6 nitrogen and oxygen atoms in total. The van der Waals surface area contributed by atoms with E-state index in [0.29, 0.717) is 18.4 Å². The second kappa shape index (κ2) is 7.25. The highest BCUT2D eigenvalue weighted by Crippen LogP contribution is 2.22. The van der Waals surface area contributed by atoms with Gasteiger partial charge in [0.15, 0.2) is 0 Å². The molecular formula is C17H26N4O2. The van der Waals surface area contributed by atoms with Gasteiger partial charge in [-0.25, -0.2) is 4.98 Å². The van der Waals surface area contributed by atoms with Crippen molar-refractivity contribution in [1.82, 2.24) is 19.4 Å². The lowest BCUT2D eigenvalue weighted by atomic mass is 9.95. The number of nitrogens with zero attached hydrogens (tertiary/aromatic N) is 4. The van der Waals surface area contributed by atoms with E-state index in [2.05, 4.69) is 9.88 Å². The van der Waals surface area contributed by atoms with Gasteiger partial charge in [0.1, 0.15) is 0 Å². The fraction of sp³-hybridized carbons (Fsp3) is 0.706. The first-order valence-corrected chi connectivity index (χ1v) is 8.62. The van der Waals surface area contributed by atoms with Crippen LogP contribution in [0.25, 0.3) is 0 Å². The number of hydrogen-bond donors (Lipinski definition) is 0. The van der Waals surface area contributed by atoms with Crippen molar-refractivity contribution >= 4 is 5.91 Å². The summed E-state index contributed by atoms with van der Waals surface area (Å²) >= 11 is 0. The van der Waals surface area contributed by atoms with Crippen LogP contribution >= 0.6 is 0 Å². The Bertz CT molecular complexity index is 592. The molecule has 2 aliphatic rings. The lowest BCUT2D eigenvalue weighted by Crippen LogP contribution is -2.49. The van der Waals surface area contributed by atoms with Gasteiger partial charge in [-0.3, -0.25) is 14.2 Å². The maximum atomic E-state index is 11.8. The van der Waals surface area contributed by atoms with Crippen molar-refractivity contribution < 1.29 is 4.79 Å². The molecule has 0 bridgehead atoms. The van der Waals surface area contributed by atoms with E-state index in [1.54, 1.807) is 17.1 Å². The maximum Gasteiger partial charge on any atom is 0.253 e. The topological polar surface area (TPSA) is 58.4 Å². The second-order valence-electron chi connectivity index (χ2n) is 6.87. The third kappa shape index (κ3) is 3.99. The van der Waals surface area contributed by atoms with Gasteiger partial charge in [0.25, 0.3) is 5.56 Å². The predicted octanol–water partition coefficient (Wildman–Crippen LogP) is 0.966. The number of likely N-dealkylation sites (tertiary alicyclic amines) is 2. The van der Waals surface area contributed by atoms with E-state index in [9.17, 15) is 9.59 Å². The van der Waals surface area contributed by atoms with Gasteiger partial charge in [0.05, 0.1) is 6.33 Å². The first kappa shape index (κ1) is 16.2. The third-order valence-electron chi connectivity index (χ3n) is 5.29. The lowest BCUT2D eigenvalue weighted by Gasteiger charge is -2.39. The Kier molecular flexibility index (Phi) is 5.10. The molecule has 3 heterocycles. The number of piperidine rings is 2. The molecule has 0 N–H and O–H groups in total. The SMILES string of the molecule is CN1C(=O)CCCC1CN1CCC(Cn2cnccc2=O)CC1. The smallest absolute Gasteiger partial charge is 0.253 e. The fourth-order valence-corrected chi connectivity index (χ4v) is 3.72. The highest BCUT2D eigenvalue weighted by Gasteiger charge is 2.28. The first-order chi connectivity index (χ1) is 11.1. The molecule has 0 aliphatic carbocycles. The number of carbonyl (C=O) groups excluding carboxylic acids is 1. The number of amides is 1. The van der Waals surface area contributed by atoms with Crippen LogP contribution in [0.3, 0.4) is 0 Å². The van der Waals surface area contributed by atoms with Gasteiger partial charge in [0.2, 0.25) is 5.91 Å². The van der Waals surface area contributed by atoms with E-state index >= 15 is 0 Å². The minimum Gasteiger partial charge on any atom is -0.341 e. The Balaban J connectivity index is 1.48. The summed E-state index contributed by atoms with van der Waals surface area (Å²) in [5, 5.41) is 0. The molecule has 1 aromatic rings. The summed E-state index contributed by atoms with van der Waals surface area (Å²) in [5.41, 5.74) is 0.0322. The third-order valence-corrected chi connectivity index (χ3v) is 5.29. The molecule has 23 heavy (non-hydrogen) atoms. The van der Waals surface area contributed by atoms with Crippen LogP contribution in [-0.4, -0.2) is 58.0 Å². The minimum absolute atomic E-state index is 0.0322. The molecule has 6 heteroatoms. The average molecular weight is 318 g/mol. The molecule has 0 saturated carbocycles. The molecule has 1 unspecified atom stereocenters. The number of rotatable bonds is 4. The molecule has 126 valence electrons. The number of likely N-dealkylation sites (N-methyl/N-ethyl adjacent to an activating group) is 1. The summed E-state index contributed by atoms with van der Waals surface area (Å²) in [6, 6.07) is 1.89. The lowest BCUT2D eigenvalue weighted by molar-refractivity contribution is -0.135. The van der Waals surface area contributed by atoms with Crippen LogP contribution in [0, 0.1) is 5.92 Å². The zero-order chi connectivity index (χ0) is 16.2. The molecule has 1 aromatic heterocycles. The van der Waals surface area contributed by atoms with Crippen molar-refractivity contribution in [2.75, 3.05) is 26.7 Å². The van der Waals surface area contributed by atoms with E-state index < -0.39 is 0 Å². The molecule has 2 saturated heterocycles. The zero-order valence-corrected chi connectivity index (χ0v) is 13.9. The van der Waals surface area contributed by atoms with Crippen LogP contribution in [-0.2, 0) is 11.3 Å². The maximum absolute atomic E-state index is 11.8. The first-order valence-electron chi connectivity index (χ1n) is 8.62. The molecule has 2 fully saturated rings. The Morgan fingerprint density at radius 2 is 1.96 bits per heavy atom. The average Bonchev–Trinajstić information content (AvgIpc) is 2.56. The van der Waals surface area contributed by atoms with Crippen LogP contribution in [0.4, 0.5) is 0 Å². The van der Waals surface area contributed by atoms with Crippen LogP contribution in [0.15, 0.2) is 23.4 Å². The standard InChI is InChI=1S/C17H26N4O2/c1-19-15(3-2-4-16(19)22)12-20-9-6-14(7-10-20)11-21-13-18-8-5-17(21)23/h5,8,13-15H,2-4,6-7,9-12H2,1H3. The monoisotopic (exact) mass is 318 g/mol. The molecular weight excluding hydrogens is 292 g/mol. The second-order valence-corrected chi connectivity index (χ2v) is 6.87. The Labute approximate surface area is 137 Å². The van der Waals surface area contributed by atoms with E-state index in [4.69, 9.17) is 0 Å². The number of hydrogen-bond acceptors (Lipinski definition) is 4. The summed E-state index contributed by atoms with van der Waals surface area (Å²) in [4.78, 5) is 32.0. The van der Waals surface area contributed by atoms with Crippen molar-refractivity contribution in [3.8, 4) is 0 Å². The van der Waals surface area contributed by atoms with Gasteiger partial charge in [-0.15, -0.1) is 0 Å². The van der Waals surface area contributed by atoms with E-state index in [0.717, 1.165) is 51.9 Å². The van der Waals surface area contributed by atoms with Crippen LogP contribution < -0.4 is 5.56 Å². The molecule has 0 aromatic carbocycles. The van der Waals surface area contributed by atoms with E-state index in [1.807, 2.05) is 11.9 Å². The van der Waals surface area contributed by atoms with Crippen molar-refractivity contribution in [1.29, 1.82) is 0 Å². The molecule has 1 atom stereocenters. The zero-order valence-electron chi connectivity index (χ0n) is 13.9. The van der Waals surface area contributed by atoms with Gasteiger partial charge in [-0.05, 0) is 44.7 Å². The Morgan fingerprint density at radius 3 is 2.70 bits per heavy atom. The minimum atomic E-state index is 0.0322. The van der Waals surface area contributed by atoms with Gasteiger partial charge in [-0.2, -0.15) is 0 Å². The van der Waals surface area contributed by atoms with Gasteiger partial charge in [-0.1, -0.05) is 0 Å². The number of carbonyl (C=O) groups is 1. The summed E-state index contributed by atoms with van der Waals surface area (Å²) in [6.45, 7) is 3.86. The summed E-state index contributed by atoms with van der Waals surface area (Å²) in [7, 11) is 1.94. The summed E-state index contributed by atoms with van der Waals surface area (Å²) in [5.74, 6) is 0.825. The van der Waals surface area contributed by atoms with Crippen molar-refractivity contribution in [3.63, 3.8) is 0 Å². The van der Waals surface area contributed by atoms with E-state index in [1.165, 1.54) is 6.07 Å². The normalized spacial score (nSPS) is 24.1. The molecule has 2 aliphatic heterocycles. The van der Waals surface area contributed by atoms with Crippen LogP contribution in [0.5, 0.6) is 0 Å². The van der Waals surface area contributed by atoms with Crippen molar-refractivity contribution in [2.24, 2.45) is 5.92 Å². The molecule has 0 spiro atoms. The van der Waals surface area contributed by atoms with Crippen LogP contribution in [0.1, 0.15) is 32.1 Å². The fourth-order valence-electron chi connectivity index (χ4n) is 3.72. The summed E-state index contributed by atoms with van der Waals surface area (Å²) in [6.07, 6.45) is 8.23. The predicted molar refractivity (Wildman–Crippen MR) is 88.1 cm³/mol. The van der Waals surface area contributed by atoms with Gasteiger partial charge >= 0.3 is 0 Å². The molecule has 1 amide bonds. The Morgan fingerprint density at radius 1 is 1.17 bits per heavy atom. The van der Waals surface area contributed by atoms with Gasteiger partial charge in [0, 0.05) is 44.9 Å². The highest BCUT2D eigenvalue weighted by molar-refractivity contribution is 5.76. The molecule has 3 rings (SSSR count). The Hall–Kier alpha value is -1.69. The number of aromatic nitrogens is 2. The largest absolute Gasteiger partial charge is 0.341 e.